The molecule has 1 atom stereocenters. The van der Waals surface area contributed by atoms with Gasteiger partial charge in [0, 0.05) is 60.2 Å². The number of imide groups is 1. The Bertz CT molecular complexity index is 2190. The number of carbonyl (C=O) groups is 4. The highest BCUT2D eigenvalue weighted by molar-refractivity contribution is 7.99. The van der Waals surface area contributed by atoms with Crippen LogP contribution in [0.3, 0.4) is 0 Å². The molecule has 1 aromatic heterocycles. The van der Waals surface area contributed by atoms with Crippen molar-refractivity contribution in [3.05, 3.63) is 76.8 Å². The molecule has 59 heavy (non-hydrogen) atoms. The highest BCUT2D eigenvalue weighted by atomic mass is 35.5. The largest absolute Gasteiger partial charge is 0.493 e. The predicted molar refractivity (Wildman–Crippen MR) is 225 cm³/mol. The second-order valence-electron chi connectivity index (χ2n) is 15.1. The number of unbranched alkanes of at least 4 members (excludes halogenated alkanes) is 5. The Kier molecular flexibility index (Phi) is 14.2. The summed E-state index contributed by atoms with van der Waals surface area (Å²) in [5.74, 6) is 1.31. The molecular weight excluding hydrogens is 797 g/mol. The monoisotopic (exact) mass is 845 g/mol. The van der Waals surface area contributed by atoms with Gasteiger partial charge < -0.3 is 25.0 Å². The third kappa shape index (κ3) is 10.6. The van der Waals surface area contributed by atoms with Crippen LogP contribution in [-0.2, 0) is 20.9 Å². The van der Waals surface area contributed by atoms with Crippen molar-refractivity contribution in [2.24, 2.45) is 0 Å². The predicted octanol–water partition coefficient (Wildman–Crippen LogP) is 7.03. The lowest BCUT2D eigenvalue weighted by Crippen LogP contribution is -2.52. The van der Waals surface area contributed by atoms with Gasteiger partial charge in [0.15, 0.2) is 11.5 Å². The average Bonchev–Trinajstić information content (AvgIpc) is 3.56. The number of likely N-dealkylation sites (tertiary alicyclic amines) is 1. The van der Waals surface area contributed by atoms with E-state index in [1.54, 1.807) is 35.9 Å². The van der Waals surface area contributed by atoms with Crippen LogP contribution in [0, 0.1) is 5.82 Å². The summed E-state index contributed by atoms with van der Waals surface area (Å²) in [5, 5.41) is 9.36. The van der Waals surface area contributed by atoms with E-state index in [9.17, 15) is 23.6 Å². The number of hydrogen-bond donors (Lipinski definition) is 3. The van der Waals surface area contributed by atoms with E-state index in [1.165, 1.54) is 18.5 Å². The minimum absolute atomic E-state index is 0.00706. The van der Waals surface area contributed by atoms with Gasteiger partial charge in [-0.3, -0.25) is 29.4 Å². The van der Waals surface area contributed by atoms with E-state index < -0.39 is 17.8 Å². The minimum Gasteiger partial charge on any atom is -0.493 e. The van der Waals surface area contributed by atoms with E-state index in [2.05, 4.69) is 30.8 Å². The van der Waals surface area contributed by atoms with Gasteiger partial charge >= 0.3 is 0 Å². The maximum atomic E-state index is 13.7. The van der Waals surface area contributed by atoms with E-state index >= 15 is 0 Å². The fraction of sp³-hybridized carbons (Fsp3) is 0.442. The number of anilines is 2. The van der Waals surface area contributed by atoms with Crippen LogP contribution in [0.2, 0.25) is 5.02 Å². The minimum atomic E-state index is -0.604. The second-order valence-corrected chi connectivity index (χ2v) is 16.6. The Morgan fingerprint density at radius 1 is 0.983 bits per heavy atom. The topological polar surface area (TPSA) is 155 Å². The van der Waals surface area contributed by atoms with Crippen molar-refractivity contribution in [2.45, 2.75) is 87.8 Å². The molecule has 7 rings (SSSR count). The van der Waals surface area contributed by atoms with Gasteiger partial charge in [0.25, 0.3) is 5.91 Å². The van der Waals surface area contributed by atoms with Gasteiger partial charge in [-0.2, -0.15) is 0 Å². The highest BCUT2D eigenvalue weighted by Crippen LogP contribution is 2.37. The molecule has 2 fully saturated rings. The molecule has 2 saturated heterocycles. The Hall–Kier alpha value is -4.99. The average molecular weight is 846 g/mol. The third-order valence-electron chi connectivity index (χ3n) is 11.0. The summed E-state index contributed by atoms with van der Waals surface area (Å²) in [6.45, 7) is 2.89. The molecule has 4 amide bonds. The molecule has 3 N–H and O–H groups in total. The number of halogens is 2. The number of fused-ring (bicyclic) bond motifs is 2. The lowest BCUT2D eigenvalue weighted by Gasteiger charge is -2.32. The molecule has 3 aliphatic heterocycles. The molecule has 3 aromatic carbocycles. The summed E-state index contributed by atoms with van der Waals surface area (Å²) in [6, 6.07) is 13.2. The van der Waals surface area contributed by atoms with Crippen LogP contribution in [0.1, 0.15) is 80.1 Å². The molecular formula is C43H49ClFN7O6S. The van der Waals surface area contributed by atoms with Crippen molar-refractivity contribution in [2.75, 3.05) is 44.4 Å². The first-order chi connectivity index (χ1) is 28.7. The lowest BCUT2D eigenvalue weighted by atomic mass is 10.0. The van der Waals surface area contributed by atoms with Gasteiger partial charge in [-0.1, -0.05) is 43.4 Å². The van der Waals surface area contributed by atoms with Crippen LogP contribution in [-0.4, -0.2) is 94.6 Å². The normalized spacial score (nSPS) is 17.2. The molecule has 13 nitrogen and oxygen atoms in total. The number of piperidine rings is 2. The van der Waals surface area contributed by atoms with Crippen molar-refractivity contribution in [3.63, 3.8) is 0 Å². The number of rotatable bonds is 18. The van der Waals surface area contributed by atoms with Crippen LogP contribution in [0.25, 0.3) is 10.9 Å². The molecule has 0 radical (unpaired) electrons. The van der Waals surface area contributed by atoms with Crippen molar-refractivity contribution in [1.29, 1.82) is 0 Å². The van der Waals surface area contributed by atoms with Gasteiger partial charge in [0.2, 0.25) is 17.7 Å². The quantitative estimate of drug-likeness (QED) is 0.0538. The van der Waals surface area contributed by atoms with E-state index in [-0.39, 0.29) is 35.3 Å². The van der Waals surface area contributed by atoms with Crippen LogP contribution in [0.5, 0.6) is 11.5 Å². The molecule has 3 aliphatic rings. The first-order valence-electron chi connectivity index (χ1n) is 20.3. The fourth-order valence-corrected chi connectivity index (χ4v) is 9.06. The van der Waals surface area contributed by atoms with E-state index in [0.29, 0.717) is 65.5 Å². The molecule has 0 saturated carbocycles. The third-order valence-corrected chi connectivity index (χ3v) is 12.5. The van der Waals surface area contributed by atoms with Gasteiger partial charge in [-0.25, -0.2) is 14.4 Å². The number of hydrogen-bond acceptors (Lipinski definition) is 11. The number of amides is 4. The van der Waals surface area contributed by atoms with E-state index in [1.807, 2.05) is 24.3 Å². The molecule has 4 heterocycles. The number of aromatic nitrogens is 2. The first-order valence-corrected chi connectivity index (χ1v) is 21.6. The molecule has 1 unspecified atom stereocenters. The molecule has 4 aromatic rings. The van der Waals surface area contributed by atoms with Crippen LogP contribution in [0.4, 0.5) is 15.9 Å². The SMILES string of the molecule is COc1cc2ncnc(Nc3ccc(F)c(Cl)c3)c2cc1OC1CCN(CC(=O)NCCCCCCCCSc2cccc3c2CN(C2CCC(=O)NC2=O)C3=O)CC1. The molecule has 16 heteroatoms. The van der Waals surface area contributed by atoms with Crippen LogP contribution in [0.15, 0.2) is 59.8 Å². The van der Waals surface area contributed by atoms with Gasteiger partial charge in [-0.05, 0) is 79.8 Å². The smallest absolute Gasteiger partial charge is 0.255 e. The zero-order valence-electron chi connectivity index (χ0n) is 33.1. The number of ether oxygens (including phenoxy) is 2. The summed E-state index contributed by atoms with van der Waals surface area (Å²) in [6.07, 6.45) is 9.93. The maximum Gasteiger partial charge on any atom is 0.255 e. The fourth-order valence-electron chi connectivity index (χ4n) is 7.79. The second kappa shape index (κ2) is 19.8. The number of methoxy groups -OCH3 is 1. The van der Waals surface area contributed by atoms with Crippen molar-refractivity contribution < 1.29 is 33.0 Å². The standard InChI is InChI=1S/C43H49ClFN7O6S/c1-57-36-23-34-30(41(48-26-47-34)49-27-11-12-33(45)32(44)21-27)22-37(36)58-28-15-18-51(19-16-28)25-40(54)46-17-6-4-2-3-5-7-20-59-38-10-8-9-29-31(38)24-52(43(29)56)35-13-14-39(53)50-42(35)55/h8-12,21-23,26,28,35H,2-7,13-20,24-25H2,1H3,(H,46,54)(H,47,48,49)(H,50,53,55). The summed E-state index contributed by atoms with van der Waals surface area (Å²) in [5.41, 5.74) is 2.87. The zero-order valence-corrected chi connectivity index (χ0v) is 34.6. The molecule has 0 spiro atoms. The van der Waals surface area contributed by atoms with Crippen LogP contribution < -0.4 is 25.4 Å². The molecule has 312 valence electrons. The van der Waals surface area contributed by atoms with Crippen molar-refractivity contribution >= 4 is 69.4 Å². The van der Waals surface area contributed by atoms with Gasteiger partial charge in [-0.15, -0.1) is 11.8 Å². The Balaban J connectivity index is 0.761. The van der Waals surface area contributed by atoms with Crippen molar-refractivity contribution in [1.82, 2.24) is 30.4 Å². The highest BCUT2D eigenvalue weighted by Gasteiger charge is 2.39. The summed E-state index contributed by atoms with van der Waals surface area (Å²) in [7, 11) is 1.59. The summed E-state index contributed by atoms with van der Waals surface area (Å²) < 4.78 is 25.8. The lowest BCUT2D eigenvalue weighted by molar-refractivity contribution is -0.137. The Labute approximate surface area is 352 Å². The van der Waals surface area contributed by atoms with E-state index in [0.717, 1.165) is 80.7 Å². The summed E-state index contributed by atoms with van der Waals surface area (Å²) in [4.78, 5) is 63.4. The molecule has 0 bridgehead atoms. The molecule has 0 aliphatic carbocycles. The maximum absolute atomic E-state index is 13.7. The van der Waals surface area contributed by atoms with Crippen LogP contribution >= 0.6 is 23.4 Å². The number of carbonyl (C=O) groups excluding carboxylic acids is 4. The number of nitrogens with zero attached hydrogens (tertiary/aromatic N) is 4. The van der Waals surface area contributed by atoms with E-state index in [4.69, 9.17) is 21.1 Å². The van der Waals surface area contributed by atoms with Crippen molar-refractivity contribution in [3.8, 4) is 11.5 Å². The summed E-state index contributed by atoms with van der Waals surface area (Å²) >= 11 is 7.74. The van der Waals surface area contributed by atoms with Gasteiger partial charge in [0.1, 0.15) is 30.1 Å². The Morgan fingerprint density at radius 2 is 1.78 bits per heavy atom. The zero-order chi connectivity index (χ0) is 41.3. The first kappa shape index (κ1) is 42.1. The number of nitrogens with one attached hydrogen (secondary N) is 3. The number of thioether (sulfide) groups is 1. The number of benzene rings is 3. The Morgan fingerprint density at radius 3 is 2.56 bits per heavy atom. The van der Waals surface area contributed by atoms with Gasteiger partial charge in [0.05, 0.1) is 24.2 Å².